The van der Waals surface area contributed by atoms with Crippen molar-refractivity contribution >= 4 is 0 Å². The molecular formula is C12H26N2O2. The highest BCUT2D eigenvalue weighted by atomic mass is 16.5. The molecule has 1 fully saturated rings. The van der Waals surface area contributed by atoms with E-state index < -0.39 is 0 Å². The van der Waals surface area contributed by atoms with Crippen LogP contribution in [0.1, 0.15) is 25.7 Å². The summed E-state index contributed by atoms with van der Waals surface area (Å²) in [4.78, 5) is 2.43. The summed E-state index contributed by atoms with van der Waals surface area (Å²) in [5.41, 5.74) is 0. The van der Waals surface area contributed by atoms with E-state index in [1.165, 1.54) is 25.8 Å². The molecule has 0 spiro atoms. The van der Waals surface area contributed by atoms with E-state index in [9.17, 15) is 5.11 Å². The van der Waals surface area contributed by atoms with Gasteiger partial charge in [-0.15, -0.1) is 0 Å². The fourth-order valence-corrected chi connectivity index (χ4v) is 2.22. The minimum Gasteiger partial charge on any atom is -0.391 e. The van der Waals surface area contributed by atoms with Gasteiger partial charge in [0.2, 0.25) is 0 Å². The van der Waals surface area contributed by atoms with Gasteiger partial charge in [0.15, 0.2) is 0 Å². The van der Waals surface area contributed by atoms with Crippen molar-refractivity contribution in [1.82, 2.24) is 10.2 Å². The molecule has 0 aliphatic carbocycles. The van der Waals surface area contributed by atoms with Gasteiger partial charge >= 0.3 is 0 Å². The number of likely N-dealkylation sites (N-methyl/N-ethyl adjacent to an activating group) is 1. The first-order chi connectivity index (χ1) is 7.74. The van der Waals surface area contributed by atoms with Crippen LogP contribution in [0, 0.1) is 0 Å². The summed E-state index contributed by atoms with van der Waals surface area (Å²) >= 11 is 0. The molecule has 0 radical (unpaired) electrons. The van der Waals surface area contributed by atoms with Gasteiger partial charge < -0.3 is 20.1 Å². The first-order valence-corrected chi connectivity index (χ1v) is 6.32. The fraction of sp³-hybridized carbons (Fsp3) is 1.00. The van der Waals surface area contributed by atoms with Gasteiger partial charge in [0.05, 0.1) is 12.7 Å². The Morgan fingerprint density at radius 1 is 1.50 bits per heavy atom. The highest BCUT2D eigenvalue weighted by molar-refractivity contribution is 4.76. The highest BCUT2D eigenvalue weighted by Gasteiger charge is 2.17. The van der Waals surface area contributed by atoms with E-state index in [2.05, 4.69) is 17.3 Å². The average molecular weight is 230 g/mol. The number of nitrogens with zero attached hydrogens (tertiary/aromatic N) is 1. The van der Waals surface area contributed by atoms with E-state index in [0.29, 0.717) is 12.6 Å². The maximum atomic E-state index is 9.46. The number of piperidine rings is 1. The Labute approximate surface area is 99.0 Å². The number of ether oxygens (including phenoxy) is 1. The number of hydrogen-bond donors (Lipinski definition) is 2. The van der Waals surface area contributed by atoms with Gasteiger partial charge in [0.25, 0.3) is 0 Å². The molecule has 0 aromatic rings. The zero-order chi connectivity index (χ0) is 11.8. The number of rotatable bonds is 7. The van der Waals surface area contributed by atoms with Crippen molar-refractivity contribution in [1.29, 1.82) is 0 Å². The molecule has 0 aromatic heterocycles. The van der Waals surface area contributed by atoms with Crippen LogP contribution in [0.15, 0.2) is 0 Å². The summed E-state index contributed by atoms with van der Waals surface area (Å²) in [6, 6.07) is 0.674. The summed E-state index contributed by atoms with van der Waals surface area (Å²) in [7, 11) is 3.82. The van der Waals surface area contributed by atoms with Gasteiger partial charge in [-0.05, 0) is 39.4 Å². The molecule has 2 unspecified atom stereocenters. The summed E-state index contributed by atoms with van der Waals surface area (Å²) in [6.07, 6.45) is 4.42. The van der Waals surface area contributed by atoms with E-state index in [0.717, 1.165) is 19.5 Å². The van der Waals surface area contributed by atoms with Gasteiger partial charge in [-0.25, -0.2) is 0 Å². The Morgan fingerprint density at radius 2 is 2.31 bits per heavy atom. The molecule has 2 N–H and O–H groups in total. The number of hydrogen-bond acceptors (Lipinski definition) is 4. The normalized spacial score (nSPS) is 24.6. The van der Waals surface area contributed by atoms with Crippen molar-refractivity contribution in [3.63, 3.8) is 0 Å². The van der Waals surface area contributed by atoms with Crippen molar-refractivity contribution in [2.45, 2.75) is 37.8 Å². The van der Waals surface area contributed by atoms with Crippen LogP contribution in [0.3, 0.4) is 0 Å². The van der Waals surface area contributed by atoms with Crippen LogP contribution < -0.4 is 5.32 Å². The lowest BCUT2D eigenvalue weighted by atomic mass is 10.0. The third kappa shape index (κ3) is 5.25. The third-order valence-electron chi connectivity index (χ3n) is 3.31. The second-order valence-corrected chi connectivity index (χ2v) is 4.73. The molecular weight excluding hydrogens is 204 g/mol. The number of nitrogens with one attached hydrogen (secondary N) is 1. The van der Waals surface area contributed by atoms with Crippen LogP contribution in [0.4, 0.5) is 0 Å². The molecule has 4 heteroatoms. The van der Waals surface area contributed by atoms with Crippen LogP contribution >= 0.6 is 0 Å². The molecule has 1 rings (SSSR count). The van der Waals surface area contributed by atoms with Crippen LogP contribution in [0.5, 0.6) is 0 Å². The lowest BCUT2D eigenvalue weighted by molar-refractivity contribution is 0.0589. The SMILES string of the molecule is COCC(O)CCNCC1CCCCN1C. The topological polar surface area (TPSA) is 44.7 Å². The molecule has 0 saturated carbocycles. The van der Waals surface area contributed by atoms with E-state index >= 15 is 0 Å². The van der Waals surface area contributed by atoms with Crippen LogP contribution in [0.2, 0.25) is 0 Å². The molecule has 0 aromatic carbocycles. The summed E-state index contributed by atoms with van der Waals surface area (Å²) in [5.74, 6) is 0. The molecule has 1 heterocycles. The largest absolute Gasteiger partial charge is 0.391 e. The van der Waals surface area contributed by atoms with E-state index in [4.69, 9.17) is 4.74 Å². The van der Waals surface area contributed by atoms with Gasteiger partial charge in [0.1, 0.15) is 0 Å². The van der Waals surface area contributed by atoms with Crippen LogP contribution in [-0.2, 0) is 4.74 Å². The smallest absolute Gasteiger partial charge is 0.0785 e. The van der Waals surface area contributed by atoms with E-state index in [1.54, 1.807) is 7.11 Å². The summed E-state index contributed by atoms with van der Waals surface area (Å²) in [6.45, 7) is 3.56. The van der Waals surface area contributed by atoms with E-state index in [1.807, 2.05) is 0 Å². The van der Waals surface area contributed by atoms with Crippen LogP contribution in [-0.4, -0.2) is 62.6 Å². The zero-order valence-electron chi connectivity index (χ0n) is 10.6. The monoisotopic (exact) mass is 230 g/mol. The Bertz CT molecular complexity index is 178. The molecule has 16 heavy (non-hydrogen) atoms. The van der Waals surface area contributed by atoms with Crippen LogP contribution in [0.25, 0.3) is 0 Å². The Morgan fingerprint density at radius 3 is 3.00 bits per heavy atom. The predicted molar refractivity (Wildman–Crippen MR) is 65.6 cm³/mol. The first-order valence-electron chi connectivity index (χ1n) is 6.32. The summed E-state index contributed by atoms with van der Waals surface area (Å²) in [5, 5.41) is 12.9. The van der Waals surface area contributed by atoms with Crippen molar-refractivity contribution in [2.24, 2.45) is 0 Å². The maximum absolute atomic E-state index is 9.46. The van der Waals surface area contributed by atoms with Gasteiger partial charge in [-0.3, -0.25) is 0 Å². The quantitative estimate of drug-likeness (QED) is 0.624. The van der Waals surface area contributed by atoms with Gasteiger partial charge in [-0.1, -0.05) is 6.42 Å². The van der Waals surface area contributed by atoms with Crippen molar-refractivity contribution in [3.8, 4) is 0 Å². The van der Waals surface area contributed by atoms with E-state index in [-0.39, 0.29) is 6.10 Å². The molecule has 1 aliphatic heterocycles. The van der Waals surface area contributed by atoms with Crippen molar-refractivity contribution < 1.29 is 9.84 Å². The molecule has 0 bridgehead atoms. The second-order valence-electron chi connectivity index (χ2n) is 4.73. The minimum absolute atomic E-state index is 0.332. The molecule has 0 amide bonds. The molecule has 1 aliphatic rings. The fourth-order valence-electron chi connectivity index (χ4n) is 2.22. The minimum atomic E-state index is -0.332. The lowest BCUT2D eigenvalue weighted by Gasteiger charge is -2.32. The number of methoxy groups -OCH3 is 1. The Kier molecular flexibility index (Phi) is 6.96. The maximum Gasteiger partial charge on any atom is 0.0785 e. The van der Waals surface area contributed by atoms with Gasteiger partial charge in [0, 0.05) is 19.7 Å². The standard InChI is InChI=1S/C12H26N2O2/c1-14-8-4-3-5-11(14)9-13-7-6-12(15)10-16-2/h11-13,15H,3-10H2,1-2H3. The first kappa shape index (κ1) is 13.9. The second kappa shape index (κ2) is 8.01. The third-order valence-corrected chi connectivity index (χ3v) is 3.31. The van der Waals surface area contributed by atoms with Crippen molar-refractivity contribution in [3.05, 3.63) is 0 Å². The van der Waals surface area contributed by atoms with Gasteiger partial charge in [-0.2, -0.15) is 0 Å². The molecule has 2 atom stereocenters. The lowest BCUT2D eigenvalue weighted by Crippen LogP contribution is -2.43. The number of aliphatic hydroxyl groups is 1. The zero-order valence-corrected chi connectivity index (χ0v) is 10.6. The highest BCUT2D eigenvalue weighted by Crippen LogP contribution is 2.13. The number of aliphatic hydroxyl groups excluding tert-OH is 1. The Balaban J connectivity index is 2.01. The predicted octanol–water partition coefficient (Wildman–Crippen LogP) is 0.458. The average Bonchev–Trinajstić information content (AvgIpc) is 2.27. The Hall–Kier alpha value is -0.160. The number of likely N-dealkylation sites (tertiary alicyclic amines) is 1. The summed E-state index contributed by atoms with van der Waals surface area (Å²) < 4.78 is 4.88. The molecule has 4 nitrogen and oxygen atoms in total. The molecule has 1 saturated heterocycles. The van der Waals surface area contributed by atoms with Crippen molar-refractivity contribution in [2.75, 3.05) is 40.4 Å². The molecule has 96 valence electrons.